The van der Waals surface area contributed by atoms with Crippen molar-refractivity contribution in [2.45, 2.75) is 0 Å². The minimum Gasteiger partial charge on any atom is -0.293 e. The molecule has 6 heteroatoms. The molecule has 0 unspecified atom stereocenters. The van der Waals surface area contributed by atoms with Gasteiger partial charge in [0.2, 0.25) is 0 Å². The van der Waals surface area contributed by atoms with Gasteiger partial charge >= 0.3 is 0 Å². The number of halogens is 2. The summed E-state index contributed by atoms with van der Waals surface area (Å²) in [5.41, 5.74) is -0.213. The second kappa shape index (κ2) is 4.40. The molecule has 0 atom stereocenters. The van der Waals surface area contributed by atoms with Crippen LogP contribution in [0.15, 0.2) is 22.7 Å². The molecule has 1 rings (SSSR count). The predicted molar refractivity (Wildman–Crippen MR) is 58.1 cm³/mol. The standard InChI is InChI=1S/C9H8BrFO3S/c1-15(13,14)5-8(12)6-3-2-4-7(10)9(6)11/h2-4H,5H2,1H3. The normalized spacial score (nSPS) is 11.4. The zero-order chi connectivity index (χ0) is 11.6. The average Bonchev–Trinajstić information content (AvgIpc) is 2.06. The summed E-state index contributed by atoms with van der Waals surface area (Å²) in [7, 11) is -3.43. The molecule has 1 aromatic carbocycles. The average molecular weight is 295 g/mol. The summed E-state index contributed by atoms with van der Waals surface area (Å²) in [5, 5.41) is 0. The van der Waals surface area contributed by atoms with Crippen molar-refractivity contribution in [3.05, 3.63) is 34.1 Å². The van der Waals surface area contributed by atoms with Crippen LogP contribution in [0, 0.1) is 5.82 Å². The first-order valence-corrected chi connectivity index (χ1v) is 6.81. The van der Waals surface area contributed by atoms with Crippen molar-refractivity contribution in [2.24, 2.45) is 0 Å². The van der Waals surface area contributed by atoms with E-state index in [2.05, 4.69) is 15.9 Å². The molecular weight excluding hydrogens is 287 g/mol. The maximum atomic E-state index is 13.4. The Balaban J connectivity index is 3.08. The second-order valence-corrected chi connectivity index (χ2v) is 6.09. The fraction of sp³-hybridized carbons (Fsp3) is 0.222. The quantitative estimate of drug-likeness (QED) is 0.799. The maximum absolute atomic E-state index is 13.4. The van der Waals surface area contributed by atoms with E-state index in [1.807, 2.05) is 0 Å². The van der Waals surface area contributed by atoms with Gasteiger partial charge in [0.1, 0.15) is 11.6 Å². The molecule has 0 spiro atoms. The molecule has 0 aliphatic carbocycles. The van der Waals surface area contributed by atoms with Crippen LogP contribution >= 0.6 is 15.9 Å². The summed E-state index contributed by atoms with van der Waals surface area (Å²) in [6.45, 7) is 0. The molecule has 0 aliphatic rings. The van der Waals surface area contributed by atoms with Crippen LogP contribution in [0.25, 0.3) is 0 Å². The molecule has 0 aromatic heterocycles. The topological polar surface area (TPSA) is 51.2 Å². The Morgan fingerprint density at radius 1 is 1.47 bits per heavy atom. The minimum absolute atomic E-state index is 0.141. The van der Waals surface area contributed by atoms with Gasteiger partial charge in [-0.25, -0.2) is 12.8 Å². The highest BCUT2D eigenvalue weighted by atomic mass is 79.9. The van der Waals surface area contributed by atoms with E-state index >= 15 is 0 Å². The molecule has 0 amide bonds. The Morgan fingerprint density at radius 2 is 2.07 bits per heavy atom. The molecule has 82 valence electrons. The van der Waals surface area contributed by atoms with E-state index < -0.39 is 27.2 Å². The Labute approximate surface area is 95.3 Å². The third-order valence-corrected chi connectivity index (χ3v) is 3.04. The molecule has 3 nitrogen and oxygen atoms in total. The van der Waals surface area contributed by atoms with Crippen molar-refractivity contribution >= 4 is 31.6 Å². The van der Waals surface area contributed by atoms with Crippen molar-refractivity contribution in [1.82, 2.24) is 0 Å². The largest absolute Gasteiger partial charge is 0.293 e. The number of hydrogen-bond donors (Lipinski definition) is 0. The van der Waals surface area contributed by atoms with Gasteiger partial charge in [-0.15, -0.1) is 0 Å². The van der Waals surface area contributed by atoms with E-state index in [1.54, 1.807) is 0 Å². The first-order chi connectivity index (χ1) is 6.81. The highest BCUT2D eigenvalue weighted by molar-refractivity contribution is 9.10. The van der Waals surface area contributed by atoms with E-state index in [4.69, 9.17) is 0 Å². The van der Waals surface area contributed by atoms with Gasteiger partial charge in [-0.05, 0) is 28.1 Å². The first kappa shape index (κ1) is 12.3. The van der Waals surface area contributed by atoms with Crippen molar-refractivity contribution < 1.29 is 17.6 Å². The summed E-state index contributed by atoms with van der Waals surface area (Å²) in [6.07, 6.45) is 0.931. The molecule has 0 saturated heterocycles. The number of rotatable bonds is 3. The zero-order valence-corrected chi connectivity index (χ0v) is 10.2. The van der Waals surface area contributed by atoms with Crippen LogP contribution in [-0.2, 0) is 9.84 Å². The van der Waals surface area contributed by atoms with Crippen LogP contribution in [0.1, 0.15) is 10.4 Å². The van der Waals surface area contributed by atoms with E-state index in [-0.39, 0.29) is 10.0 Å². The highest BCUT2D eigenvalue weighted by Crippen LogP contribution is 2.19. The van der Waals surface area contributed by atoms with Crippen LogP contribution in [0.3, 0.4) is 0 Å². The summed E-state index contributed by atoms with van der Waals surface area (Å²) >= 11 is 2.92. The SMILES string of the molecule is CS(=O)(=O)CC(=O)c1cccc(Br)c1F. The van der Waals surface area contributed by atoms with E-state index in [0.29, 0.717) is 0 Å². The molecule has 0 radical (unpaired) electrons. The molecule has 0 N–H and O–H groups in total. The lowest BCUT2D eigenvalue weighted by Crippen LogP contribution is -2.15. The lowest BCUT2D eigenvalue weighted by atomic mass is 10.1. The van der Waals surface area contributed by atoms with Gasteiger partial charge in [0, 0.05) is 6.26 Å². The van der Waals surface area contributed by atoms with Gasteiger partial charge in [-0.3, -0.25) is 4.79 Å². The Kier molecular flexibility index (Phi) is 3.62. The number of Topliss-reactive ketones (excluding diaryl/α,β-unsaturated/α-hetero) is 1. The van der Waals surface area contributed by atoms with Gasteiger partial charge in [0.25, 0.3) is 0 Å². The fourth-order valence-electron chi connectivity index (χ4n) is 1.04. The Hall–Kier alpha value is -0.750. The Morgan fingerprint density at radius 3 is 2.60 bits per heavy atom. The van der Waals surface area contributed by atoms with Crippen molar-refractivity contribution in [2.75, 3.05) is 12.0 Å². The van der Waals surface area contributed by atoms with Gasteiger partial charge in [-0.2, -0.15) is 0 Å². The third kappa shape index (κ3) is 3.39. The van der Waals surface area contributed by atoms with Crippen LogP contribution in [0.5, 0.6) is 0 Å². The molecule has 1 aromatic rings. The second-order valence-electron chi connectivity index (χ2n) is 3.09. The van der Waals surface area contributed by atoms with Crippen molar-refractivity contribution in [1.29, 1.82) is 0 Å². The zero-order valence-electron chi connectivity index (χ0n) is 7.83. The van der Waals surface area contributed by atoms with Crippen LogP contribution < -0.4 is 0 Å². The summed E-state index contributed by atoms with van der Waals surface area (Å²) in [6, 6.07) is 4.17. The lowest BCUT2D eigenvalue weighted by Gasteiger charge is -2.02. The number of ketones is 1. The van der Waals surface area contributed by atoms with E-state index in [0.717, 1.165) is 6.26 Å². The first-order valence-electron chi connectivity index (χ1n) is 3.96. The molecule has 0 saturated carbocycles. The van der Waals surface area contributed by atoms with Gasteiger partial charge in [-0.1, -0.05) is 6.07 Å². The number of hydrogen-bond acceptors (Lipinski definition) is 3. The lowest BCUT2D eigenvalue weighted by molar-refractivity contribution is 0.101. The van der Waals surface area contributed by atoms with Gasteiger partial charge in [0.15, 0.2) is 15.6 Å². The number of carbonyl (C=O) groups is 1. The smallest absolute Gasteiger partial charge is 0.180 e. The molecule has 0 aliphatic heterocycles. The monoisotopic (exact) mass is 294 g/mol. The van der Waals surface area contributed by atoms with E-state index in [9.17, 15) is 17.6 Å². The molecule has 0 heterocycles. The van der Waals surface area contributed by atoms with E-state index in [1.165, 1.54) is 18.2 Å². The maximum Gasteiger partial charge on any atom is 0.180 e. The summed E-state index contributed by atoms with van der Waals surface area (Å²) in [4.78, 5) is 11.4. The Bertz CT molecular complexity index is 496. The summed E-state index contributed by atoms with van der Waals surface area (Å²) < 4.78 is 35.2. The minimum atomic E-state index is -3.43. The highest BCUT2D eigenvalue weighted by Gasteiger charge is 2.17. The molecule has 0 fully saturated rings. The van der Waals surface area contributed by atoms with Crippen LogP contribution in [-0.4, -0.2) is 26.2 Å². The van der Waals surface area contributed by atoms with Crippen molar-refractivity contribution in [3.8, 4) is 0 Å². The number of sulfone groups is 1. The molecule has 15 heavy (non-hydrogen) atoms. The molecular formula is C9H8BrFO3S. The fourth-order valence-corrected chi connectivity index (χ4v) is 2.03. The van der Waals surface area contributed by atoms with Crippen LogP contribution in [0.4, 0.5) is 4.39 Å². The summed E-state index contributed by atoms with van der Waals surface area (Å²) in [5.74, 6) is -2.15. The number of carbonyl (C=O) groups excluding carboxylic acids is 1. The third-order valence-electron chi connectivity index (χ3n) is 1.65. The van der Waals surface area contributed by atoms with Gasteiger partial charge in [0.05, 0.1) is 10.0 Å². The number of benzene rings is 1. The van der Waals surface area contributed by atoms with Crippen LogP contribution in [0.2, 0.25) is 0 Å². The predicted octanol–water partition coefficient (Wildman–Crippen LogP) is 1.82. The molecule has 0 bridgehead atoms. The van der Waals surface area contributed by atoms with Gasteiger partial charge < -0.3 is 0 Å². The van der Waals surface area contributed by atoms with Crippen molar-refractivity contribution in [3.63, 3.8) is 0 Å².